The van der Waals surface area contributed by atoms with E-state index in [9.17, 15) is 13.2 Å². The predicted octanol–water partition coefficient (Wildman–Crippen LogP) is 4.70. The van der Waals surface area contributed by atoms with Gasteiger partial charge in [0, 0.05) is 16.3 Å². The minimum Gasteiger partial charge on any atom is -0.322 e. The van der Waals surface area contributed by atoms with E-state index in [4.69, 9.17) is 11.6 Å². The van der Waals surface area contributed by atoms with Gasteiger partial charge in [-0.2, -0.15) is 0 Å². The van der Waals surface area contributed by atoms with Crippen molar-refractivity contribution in [1.82, 2.24) is 0 Å². The van der Waals surface area contributed by atoms with Crippen LogP contribution >= 0.6 is 11.6 Å². The molecule has 3 aromatic rings. The maximum Gasteiger partial charge on any atom is 0.261 e. The Kier molecular flexibility index (Phi) is 5.48. The molecule has 0 aliphatic carbocycles. The summed E-state index contributed by atoms with van der Waals surface area (Å²) >= 11 is 5.88. The standard InChI is InChI=1S/C20H17ClN2O3S/c1-14-5-2-3-8-19(14)20(24)22-16-9-11-18(12-10-16)27(25,26)23-17-7-4-6-15(21)13-17/h2-13,23H,1H3,(H,22,24). The van der Waals surface area contributed by atoms with Crippen molar-refractivity contribution < 1.29 is 13.2 Å². The van der Waals surface area contributed by atoms with Gasteiger partial charge in [0.15, 0.2) is 0 Å². The third kappa shape index (κ3) is 4.67. The molecule has 138 valence electrons. The average Bonchev–Trinajstić information content (AvgIpc) is 2.62. The zero-order valence-corrected chi connectivity index (χ0v) is 16.0. The zero-order valence-electron chi connectivity index (χ0n) is 14.4. The van der Waals surface area contributed by atoms with Crippen LogP contribution in [-0.4, -0.2) is 14.3 Å². The Bertz CT molecular complexity index is 1080. The maximum atomic E-state index is 12.5. The number of sulfonamides is 1. The lowest BCUT2D eigenvalue weighted by Gasteiger charge is -2.10. The summed E-state index contributed by atoms with van der Waals surface area (Å²) in [5, 5.41) is 3.20. The van der Waals surface area contributed by atoms with Gasteiger partial charge in [0.2, 0.25) is 0 Å². The van der Waals surface area contributed by atoms with E-state index in [1.807, 2.05) is 19.1 Å². The Morgan fingerprint density at radius 1 is 0.889 bits per heavy atom. The first-order chi connectivity index (χ1) is 12.8. The first kappa shape index (κ1) is 18.9. The summed E-state index contributed by atoms with van der Waals surface area (Å²) < 4.78 is 27.4. The minimum atomic E-state index is -3.76. The fraction of sp³-hybridized carbons (Fsp3) is 0.0500. The van der Waals surface area contributed by atoms with Crippen LogP contribution in [0.3, 0.4) is 0 Å². The summed E-state index contributed by atoms with van der Waals surface area (Å²) in [5.74, 6) is -0.249. The molecule has 0 saturated carbocycles. The van der Waals surface area contributed by atoms with E-state index in [0.29, 0.717) is 22.0 Å². The summed E-state index contributed by atoms with van der Waals surface area (Å²) in [5.41, 5.74) is 2.31. The smallest absolute Gasteiger partial charge is 0.261 e. The van der Waals surface area contributed by atoms with Crippen LogP contribution in [0.2, 0.25) is 5.02 Å². The van der Waals surface area contributed by atoms with Gasteiger partial charge < -0.3 is 5.32 Å². The van der Waals surface area contributed by atoms with E-state index >= 15 is 0 Å². The van der Waals surface area contributed by atoms with Crippen LogP contribution in [0.1, 0.15) is 15.9 Å². The number of anilines is 2. The molecule has 2 N–H and O–H groups in total. The number of amides is 1. The molecule has 0 atom stereocenters. The third-order valence-electron chi connectivity index (χ3n) is 3.89. The molecule has 1 amide bonds. The van der Waals surface area contributed by atoms with Gasteiger partial charge >= 0.3 is 0 Å². The van der Waals surface area contributed by atoms with Crippen molar-refractivity contribution in [3.63, 3.8) is 0 Å². The van der Waals surface area contributed by atoms with E-state index in [1.54, 1.807) is 42.5 Å². The van der Waals surface area contributed by atoms with Crippen molar-refractivity contribution in [1.29, 1.82) is 0 Å². The largest absolute Gasteiger partial charge is 0.322 e. The van der Waals surface area contributed by atoms with Gasteiger partial charge in [-0.05, 0) is 61.0 Å². The third-order valence-corrected chi connectivity index (χ3v) is 5.52. The molecule has 0 spiro atoms. The summed E-state index contributed by atoms with van der Waals surface area (Å²) in [6.07, 6.45) is 0. The van der Waals surface area contributed by atoms with Crippen molar-refractivity contribution >= 4 is 38.9 Å². The number of nitrogens with one attached hydrogen (secondary N) is 2. The van der Waals surface area contributed by atoms with Gasteiger partial charge in [-0.25, -0.2) is 8.42 Å². The van der Waals surface area contributed by atoms with Crippen molar-refractivity contribution in [3.8, 4) is 0 Å². The second-order valence-corrected chi connectivity index (χ2v) is 8.03. The van der Waals surface area contributed by atoms with Gasteiger partial charge in [-0.3, -0.25) is 9.52 Å². The number of aryl methyl sites for hydroxylation is 1. The van der Waals surface area contributed by atoms with Crippen LogP contribution in [0.25, 0.3) is 0 Å². The molecule has 0 aromatic heterocycles. The molecule has 0 heterocycles. The van der Waals surface area contributed by atoms with Crippen LogP contribution in [0.15, 0.2) is 77.7 Å². The second-order valence-electron chi connectivity index (χ2n) is 5.91. The highest BCUT2D eigenvalue weighted by Crippen LogP contribution is 2.21. The molecular formula is C20H17ClN2O3S. The Hall–Kier alpha value is -2.83. The Labute approximate surface area is 163 Å². The molecule has 0 fully saturated rings. The Morgan fingerprint density at radius 3 is 2.26 bits per heavy atom. The molecule has 0 radical (unpaired) electrons. The monoisotopic (exact) mass is 400 g/mol. The van der Waals surface area contributed by atoms with Crippen LogP contribution in [-0.2, 0) is 10.0 Å². The van der Waals surface area contributed by atoms with Crippen LogP contribution < -0.4 is 10.0 Å². The zero-order chi connectivity index (χ0) is 19.4. The number of halogens is 1. The fourth-order valence-corrected chi connectivity index (χ4v) is 3.75. The van der Waals surface area contributed by atoms with Crippen LogP contribution in [0.4, 0.5) is 11.4 Å². The van der Waals surface area contributed by atoms with Crippen molar-refractivity contribution in [3.05, 3.63) is 88.9 Å². The number of benzene rings is 3. The molecule has 3 rings (SSSR count). The van der Waals surface area contributed by atoms with Gasteiger partial charge in [-0.1, -0.05) is 35.9 Å². The normalized spacial score (nSPS) is 11.0. The molecule has 5 nitrogen and oxygen atoms in total. The SMILES string of the molecule is Cc1ccccc1C(=O)Nc1ccc(S(=O)(=O)Nc2cccc(Cl)c2)cc1. The lowest BCUT2D eigenvalue weighted by Crippen LogP contribution is -2.14. The highest BCUT2D eigenvalue weighted by molar-refractivity contribution is 7.92. The first-order valence-corrected chi connectivity index (χ1v) is 9.97. The lowest BCUT2D eigenvalue weighted by atomic mass is 10.1. The Morgan fingerprint density at radius 2 is 1.59 bits per heavy atom. The summed E-state index contributed by atoms with van der Waals surface area (Å²) in [6, 6.07) is 19.6. The van der Waals surface area contributed by atoms with E-state index in [0.717, 1.165) is 5.56 Å². The van der Waals surface area contributed by atoms with Crippen LogP contribution in [0, 0.1) is 6.92 Å². The highest BCUT2D eigenvalue weighted by atomic mass is 35.5. The number of carbonyl (C=O) groups is 1. The Balaban J connectivity index is 1.75. The van der Waals surface area contributed by atoms with Crippen molar-refractivity contribution in [2.24, 2.45) is 0 Å². The highest BCUT2D eigenvalue weighted by Gasteiger charge is 2.15. The molecular weight excluding hydrogens is 384 g/mol. The van der Waals surface area contributed by atoms with Crippen molar-refractivity contribution in [2.45, 2.75) is 11.8 Å². The summed E-state index contributed by atoms with van der Waals surface area (Å²) in [4.78, 5) is 12.4. The molecule has 0 bridgehead atoms. The second kappa shape index (κ2) is 7.82. The number of rotatable bonds is 5. The van der Waals surface area contributed by atoms with Crippen LogP contribution in [0.5, 0.6) is 0 Å². The lowest BCUT2D eigenvalue weighted by molar-refractivity contribution is 0.102. The predicted molar refractivity (Wildman–Crippen MR) is 108 cm³/mol. The molecule has 27 heavy (non-hydrogen) atoms. The van der Waals surface area contributed by atoms with E-state index in [2.05, 4.69) is 10.0 Å². The molecule has 0 saturated heterocycles. The average molecular weight is 401 g/mol. The number of hydrogen-bond acceptors (Lipinski definition) is 3. The summed E-state index contributed by atoms with van der Waals surface area (Å²) in [7, 11) is -3.76. The fourth-order valence-electron chi connectivity index (χ4n) is 2.51. The quantitative estimate of drug-likeness (QED) is 0.651. The van der Waals surface area contributed by atoms with Gasteiger partial charge in [0.05, 0.1) is 10.6 Å². The van der Waals surface area contributed by atoms with E-state index in [1.165, 1.54) is 18.2 Å². The first-order valence-electron chi connectivity index (χ1n) is 8.10. The molecule has 0 aliphatic heterocycles. The van der Waals surface area contributed by atoms with Gasteiger partial charge in [-0.15, -0.1) is 0 Å². The van der Waals surface area contributed by atoms with E-state index in [-0.39, 0.29) is 10.8 Å². The van der Waals surface area contributed by atoms with Crippen molar-refractivity contribution in [2.75, 3.05) is 10.0 Å². The minimum absolute atomic E-state index is 0.0800. The molecule has 3 aromatic carbocycles. The number of carbonyl (C=O) groups excluding carboxylic acids is 1. The van der Waals surface area contributed by atoms with E-state index < -0.39 is 10.0 Å². The van der Waals surface area contributed by atoms with Gasteiger partial charge in [0.25, 0.3) is 15.9 Å². The number of hydrogen-bond donors (Lipinski definition) is 2. The molecule has 0 unspecified atom stereocenters. The topological polar surface area (TPSA) is 75.3 Å². The maximum absolute atomic E-state index is 12.5. The molecule has 0 aliphatic rings. The summed E-state index contributed by atoms with van der Waals surface area (Å²) in [6.45, 7) is 1.85. The molecule has 7 heteroatoms. The van der Waals surface area contributed by atoms with Gasteiger partial charge in [0.1, 0.15) is 0 Å².